The van der Waals surface area contributed by atoms with Gasteiger partial charge in [0.05, 0.1) is 19.8 Å². The molecule has 0 aliphatic heterocycles. The third kappa shape index (κ3) is 2.73. The first-order valence-corrected chi connectivity index (χ1v) is 8.07. The first-order chi connectivity index (χ1) is 10.6. The van der Waals surface area contributed by atoms with Crippen molar-refractivity contribution >= 4 is 15.9 Å². The van der Waals surface area contributed by atoms with Crippen LogP contribution in [0.15, 0.2) is 40.9 Å². The maximum absolute atomic E-state index is 11.2. The minimum absolute atomic E-state index is 0.538. The number of rotatable bonds is 4. The summed E-state index contributed by atoms with van der Waals surface area (Å²) in [5.41, 5.74) is 2.37. The number of hydrogen-bond donors (Lipinski definition) is 1. The number of halogens is 1. The van der Waals surface area contributed by atoms with Crippen LogP contribution < -0.4 is 9.47 Å². The molecule has 0 spiro atoms. The van der Waals surface area contributed by atoms with E-state index in [1.807, 2.05) is 30.3 Å². The Hall–Kier alpha value is -1.52. The van der Waals surface area contributed by atoms with Crippen LogP contribution >= 0.6 is 15.9 Å². The summed E-state index contributed by atoms with van der Waals surface area (Å²) in [4.78, 5) is 0. The van der Waals surface area contributed by atoms with Crippen LogP contribution in [0.3, 0.4) is 0 Å². The highest BCUT2D eigenvalue weighted by Crippen LogP contribution is 2.43. The highest BCUT2D eigenvalue weighted by molar-refractivity contribution is 9.10. The Morgan fingerprint density at radius 3 is 2.45 bits per heavy atom. The van der Waals surface area contributed by atoms with E-state index in [1.165, 1.54) is 5.56 Å². The maximum Gasteiger partial charge on any atom is 0.122 e. The van der Waals surface area contributed by atoms with Crippen molar-refractivity contribution in [2.75, 3.05) is 14.2 Å². The topological polar surface area (TPSA) is 38.7 Å². The minimum atomic E-state index is -0.854. The van der Waals surface area contributed by atoms with Gasteiger partial charge in [-0.2, -0.15) is 0 Å². The second kappa shape index (κ2) is 5.94. The van der Waals surface area contributed by atoms with Gasteiger partial charge in [-0.1, -0.05) is 28.1 Å². The van der Waals surface area contributed by atoms with Crippen LogP contribution in [-0.2, 0) is 18.4 Å². The summed E-state index contributed by atoms with van der Waals surface area (Å²) in [6, 6.07) is 11.8. The number of fused-ring (bicyclic) bond motifs is 1. The Labute approximate surface area is 139 Å². The number of benzene rings is 2. The molecule has 1 atom stereocenters. The Morgan fingerprint density at radius 1 is 1.14 bits per heavy atom. The predicted molar refractivity (Wildman–Crippen MR) is 89.6 cm³/mol. The van der Waals surface area contributed by atoms with Gasteiger partial charge in [-0.25, -0.2) is 0 Å². The highest BCUT2D eigenvalue weighted by atomic mass is 79.9. The molecule has 4 heteroatoms. The van der Waals surface area contributed by atoms with E-state index in [9.17, 15) is 5.11 Å². The quantitative estimate of drug-likeness (QED) is 0.897. The molecule has 0 amide bonds. The van der Waals surface area contributed by atoms with Crippen molar-refractivity contribution in [1.29, 1.82) is 0 Å². The van der Waals surface area contributed by atoms with Gasteiger partial charge >= 0.3 is 0 Å². The highest BCUT2D eigenvalue weighted by Gasteiger charge is 2.38. The Balaban J connectivity index is 1.98. The zero-order valence-electron chi connectivity index (χ0n) is 12.7. The van der Waals surface area contributed by atoms with E-state index in [0.29, 0.717) is 6.42 Å². The largest absolute Gasteiger partial charge is 0.497 e. The van der Waals surface area contributed by atoms with Gasteiger partial charge in [-0.3, -0.25) is 0 Å². The summed E-state index contributed by atoms with van der Waals surface area (Å²) in [5.74, 6) is 1.48. The molecule has 0 heterocycles. The van der Waals surface area contributed by atoms with E-state index in [1.54, 1.807) is 14.2 Å². The third-order valence-corrected chi connectivity index (χ3v) is 4.94. The average Bonchev–Trinajstić information content (AvgIpc) is 2.85. The fourth-order valence-corrected chi connectivity index (χ4v) is 4.02. The SMILES string of the molecule is COc1cc(C[C@]2(O)CCc3cccc(Br)c32)cc(OC)c1. The third-order valence-electron chi connectivity index (χ3n) is 4.28. The molecule has 3 nitrogen and oxygen atoms in total. The molecule has 0 radical (unpaired) electrons. The van der Waals surface area contributed by atoms with Crippen molar-refractivity contribution in [3.05, 3.63) is 57.6 Å². The predicted octanol–water partition coefficient (Wildman–Crippen LogP) is 3.84. The van der Waals surface area contributed by atoms with Crippen LogP contribution in [-0.4, -0.2) is 19.3 Å². The Kier molecular flexibility index (Phi) is 4.15. The molecule has 0 unspecified atom stereocenters. The molecule has 0 aromatic heterocycles. The zero-order valence-corrected chi connectivity index (χ0v) is 14.3. The fourth-order valence-electron chi connectivity index (χ4n) is 3.25. The van der Waals surface area contributed by atoms with Gasteiger partial charge in [-0.15, -0.1) is 0 Å². The number of ether oxygens (including phenoxy) is 2. The molecule has 1 aliphatic rings. The van der Waals surface area contributed by atoms with Gasteiger partial charge in [0.1, 0.15) is 11.5 Å². The summed E-state index contributed by atoms with van der Waals surface area (Å²) in [5, 5.41) is 11.2. The summed E-state index contributed by atoms with van der Waals surface area (Å²) >= 11 is 3.58. The van der Waals surface area contributed by atoms with Crippen LogP contribution in [0.5, 0.6) is 11.5 Å². The fraction of sp³-hybridized carbons (Fsp3) is 0.333. The first-order valence-electron chi connectivity index (χ1n) is 7.28. The monoisotopic (exact) mass is 362 g/mol. The summed E-state index contributed by atoms with van der Waals surface area (Å²) in [6.07, 6.45) is 2.16. The normalized spacial score (nSPS) is 19.8. The lowest BCUT2D eigenvalue weighted by atomic mass is 9.88. The maximum atomic E-state index is 11.2. The van der Waals surface area contributed by atoms with Crippen LogP contribution in [0.4, 0.5) is 0 Å². The molecule has 116 valence electrons. The molecule has 22 heavy (non-hydrogen) atoms. The van der Waals surface area contributed by atoms with E-state index in [-0.39, 0.29) is 0 Å². The molecule has 1 aliphatic carbocycles. The van der Waals surface area contributed by atoms with Crippen molar-refractivity contribution < 1.29 is 14.6 Å². The number of aliphatic hydroxyl groups is 1. The van der Waals surface area contributed by atoms with Gasteiger partial charge in [-0.05, 0) is 42.2 Å². The minimum Gasteiger partial charge on any atom is -0.497 e. The first kappa shape index (κ1) is 15.4. The smallest absolute Gasteiger partial charge is 0.122 e. The molecular formula is C18H19BrO3. The summed E-state index contributed by atoms with van der Waals surface area (Å²) in [6.45, 7) is 0. The van der Waals surface area contributed by atoms with E-state index in [0.717, 1.165) is 39.9 Å². The number of methoxy groups -OCH3 is 2. The van der Waals surface area contributed by atoms with Crippen molar-refractivity contribution in [2.24, 2.45) is 0 Å². The molecule has 0 bridgehead atoms. The summed E-state index contributed by atoms with van der Waals surface area (Å²) in [7, 11) is 3.27. The van der Waals surface area contributed by atoms with E-state index < -0.39 is 5.60 Å². The molecule has 0 saturated heterocycles. The molecule has 2 aromatic carbocycles. The van der Waals surface area contributed by atoms with Crippen molar-refractivity contribution in [1.82, 2.24) is 0 Å². The van der Waals surface area contributed by atoms with Gasteiger partial charge < -0.3 is 14.6 Å². The lowest BCUT2D eigenvalue weighted by Gasteiger charge is -2.25. The van der Waals surface area contributed by atoms with Crippen LogP contribution in [0.25, 0.3) is 0 Å². The Morgan fingerprint density at radius 2 is 1.82 bits per heavy atom. The van der Waals surface area contributed by atoms with E-state index >= 15 is 0 Å². The molecule has 3 rings (SSSR count). The molecular weight excluding hydrogens is 344 g/mol. The second-order valence-corrected chi connectivity index (χ2v) is 6.56. The van der Waals surface area contributed by atoms with Gasteiger partial charge in [0.15, 0.2) is 0 Å². The standard InChI is InChI=1S/C18H19BrO3/c1-21-14-8-12(9-15(10-14)22-2)11-18(20)7-6-13-4-3-5-16(19)17(13)18/h3-5,8-10,20H,6-7,11H2,1-2H3/t18-/m1/s1. The molecule has 0 fully saturated rings. The average molecular weight is 363 g/mol. The van der Waals surface area contributed by atoms with E-state index in [4.69, 9.17) is 9.47 Å². The van der Waals surface area contributed by atoms with Gasteiger partial charge in [0.2, 0.25) is 0 Å². The van der Waals surface area contributed by atoms with Crippen LogP contribution in [0, 0.1) is 0 Å². The Bertz CT molecular complexity index is 676. The number of aryl methyl sites for hydroxylation is 1. The van der Waals surface area contributed by atoms with Gasteiger partial charge in [0, 0.05) is 22.5 Å². The van der Waals surface area contributed by atoms with Crippen molar-refractivity contribution in [3.63, 3.8) is 0 Å². The second-order valence-electron chi connectivity index (χ2n) is 5.70. The van der Waals surface area contributed by atoms with Crippen molar-refractivity contribution in [3.8, 4) is 11.5 Å². The van der Waals surface area contributed by atoms with Crippen LogP contribution in [0.2, 0.25) is 0 Å². The molecule has 1 N–H and O–H groups in total. The van der Waals surface area contributed by atoms with Crippen molar-refractivity contribution in [2.45, 2.75) is 24.9 Å². The molecule has 2 aromatic rings. The lowest BCUT2D eigenvalue weighted by molar-refractivity contribution is 0.0382. The lowest BCUT2D eigenvalue weighted by Crippen LogP contribution is -2.25. The number of hydrogen-bond acceptors (Lipinski definition) is 3. The summed E-state index contributed by atoms with van der Waals surface area (Å²) < 4.78 is 11.6. The zero-order chi connectivity index (χ0) is 15.7. The van der Waals surface area contributed by atoms with Gasteiger partial charge in [0.25, 0.3) is 0 Å². The molecule has 0 saturated carbocycles. The van der Waals surface area contributed by atoms with E-state index in [2.05, 4.69) is 22.0 Å². The van der Waals surface area contributed by atoms with Crippen LogP contribution in [0.1, 0.15) is 23.1 Å².